The summed E-state index contributed by atoms with van der Waals surface area (Å²) in [6, 6.07) is 4.75. The van der Waals surface area contributed by atoms with E-state index in [2.05, 4.69) is 0 Å². The lowest BCUT2D eigenvalue weighted by molar-refractivity contribution is 0.472. The van der Waals surface area contributed by atoms with E-state index in [4.69, 9.17) is 17.3 Å². The van der Waals surface area contributed by atoms with Gasteiger partial charge in [-0.3, -0.25) is 0 Å². The van der Waals surface area contributed by atoms with Crippen LogP contribution in [0, 0.1) is 6.92 Å². The zero-order valence-electron chi connectivity index (χ0n) is 9.97. The summed E-state index contributed by atoms with van der Waals surface area (Å²) in [4.78, 5) is 0.316. The van der Waals surface area contributed by atoms with Gasteiger partial charge in [-0.05, 0) is 37.1 Å². The van der Waals surface area contributed by atoms with Crippen LogP contribution in [-0.2, 0) is 10.0 Å². The Hall–Kier alpha value is -0.330. The second-order valence-corrected chi connectivity index (χ2v) is 6.66. The highest BCUT2D eigenvalue weighted by atomic mass is 35.5. The van der Waals surface area contributed by atoms with Gasteiger partial charge in [0.1, 0.15) is 0 Å². The van der Waals surface area contributed by atoms with Crippen molar-refractivity contribution in [1.82, 2.24) is 4.31 Å². The number of hydrogen-bond donors (Lipinski definition) is 1. The molecule has 18 heavy (non-hydrogen) atoms. The molecule has 1 aromatic carbocycles. The van der Waals surface area contributed by atoms with E-state index in [-0.39, 0.29) is 18.4 Å². The molecule has 0 bridgehead atoms. The van der Waals surface area contributed by atoms with E-state index < -0.39 is 10.0 Å². The summed E-state index contributed by atoms with van der Waals surface area (Å²) in [5.74, 6) is 0. The standard InChI is InChI=1S/C11H15ClN2O2S.ClH/c1-8-6-9(12)2-3-11(8)17(15,16)14-5-4-10(13)7-14;/h2-3,6,10H,4-5,7,13H2,1H3;1H/t10-;/m1./s1. The monoisotopic (exact) mass is 310 g/mol. The molecule has 1 aliphatic heterocycles. The van der Waals surface area contributed by atoms with Gasteiger partial charge in [0.15, 0.2) is 0 Å². The first-order valence-electron chi connectivity index (χ1n) is 5.43. The van der Waals surface area contributed by atoms with Crippen molar-refractivity contribution in [3.8, 4) is 0 Å². The Kier molecular flexibility index (Phi) is 5.03. The number of rotatable bonds is 2. The van der Waals surface area contributed by atoms with Gasteiger partial charge in [-0.1, -0.05) is 11.6 Å². The maximum atomic E-state index is 12.3. The quantitative estimate of drug-likeness (QED) is 0.906. The van der Waals surface area contributed by atoms with Crippen molar-refractivity contribution in [3.63, 3.8) is 0 Å². The van der Waals surface area contributed by atoms with Crippen molar-refractivity contribution in [3.05, 3.63) is 28.8 Å². The summed E-state index contributed by atoms with van der Waals surface area (Å²) in [7, 11) is -3.42. The Morgan fingerprint density at radius 1 is 1.44 bits per heavy atom. The van der Waals surface area contributed by atoms with E-state index in [9.17, 15) is 8.42 Å². The zero-order chi connectivity index (χ0) is 12.6. The van der Waals surface area contributed by atoms with Crippen LogP contribution in [0.5, 0.6) is 0 Å². The minimum absolute atomic E-state index is 0. The lowest BCUT2D eigenvalue weighted by Gasteiger charge is -2.17. The Bertz CT molecular complexity index is 534. The fourth-order valence-electron chi connectivity index (χ4n) is 2.01. The van der Waals surface area contributed by atoms with E-state index in [0.29, 0.717) is 35.0 Å². The number of aryl methyl sites for hydroxylation is 1. The third kappa shape index (κ3) is 2.97. The summed E-state index contributed by atoms with van der Waals surface area (Å²) < 4.78 is 26.1. The van der Waals surface area contributed by atoms with Gasteiger partial charge in [0.05, 0.1) is 4.90 Å². The van der Waals surface area contributed by atoms with E-state index in [0.717, 1.165) is 0 Å². The van der Waals surface area contributed by atoms with Crippen molar-refractivity contribution in [2.24, 2.45) is 5.73 Å². The highest BCUT2D eigenvalue weighted by Crippen LogP contribution is 2.25. The first-order valence-corrected chi connectivity index (χ1v) is 7.25. The minimum atomic E-state index is -3.42. The molecule has 0 unspecified atom stereocenters. The lowest BCUT2D eigenvalue weighted by Crippen LogP contribution is -2.32. The molecule has 1 aliphatic rings. The number of nitrogens with zero attached hydrogens (tertiary/aromatic N) is 1. The number of hydrogen-bond acceptors (Lipinski definition) is 3. The van der Waals surface area contributed by atoms with Crippen LogP contribution in [0.2, 0.25) is 5.02 Å². The fraction of sp³-hybridized carbons (Fsp3) is 0.455. The van der Waals surface area contributed by atoms with Crippen molar-refractivity contribution >= 4 is 34.0 Å². The smallest absolute Gasteiger partial charge is 0.243 e. The highest BCUT2D eigenvalue weighted by Gasteiger charge is 2.31. The third-order valence-electron chi connectivity index (χ3n) is 2.94. The zero-order valence-corrected chi connectivity index (χ0v) is 12.4. The average Bonchev–Trinajstić information content (AvgIpc) is 2.64. The molecular weight excluding hydrogens is 295 g/mol. The van der Waals surface area contributed by atoms with Gasteiger partial charge in [0.2, 0.25) is 10.0 Å². The van der Waals surface area contributed by atoms with Crippen molar-refractivity contribution in [1.29, 1.82) is 0 Å². The van der Waals surface area contributed by atoms with Crippen LogP contribution in [0.4, 0.5) is 0 Å². The number of nitrogens with two attached hydrogens (primary N) is 1. The molecule has 0 aliphatic carbocycles. The molecule has 1 fully saturated rings. The third-order valence-corrected chi connectivity index (χ3v) is 5.20. The molecule has 1 saturated heterocycles. The summed E-state index contributed by atoms with van der Waals surface area (Å²) in [6.45, 7) is 2.63. The molecule has 7 heteroatoms. The topological polar surface area (TPSA) is 63.4 Å². The fourth-order valence-corrected chi connectivity index (χ4v) is 3.96. The van der Waals surface area contributed by atoms with Crippen LogP contribution in [0.15, 0.2) is 23.1 Å². The first-order chi connectivity index (χ1) is 7.91. The van der Waals surface area contributed by atoms with Gasteiger partial charge in [-0.2, -0.15) is 4.31 Å². The Labute approximate surface area is 119 Å². The Morgan fingerprint density at radius 3 is 2.61 bits per heavy atom. The van der Waals surface area contributed by atoms with Crippen LogP contribution in [0.25, 0.3) is 0 Å². The minimum Gasteiger partial charge on any atom is -0.326 e. The summed E-state index contributed by atoms with van der Waals surface area (Å²) in [5, 5.41) is 0.541. The summed E-state index contributed by atoms with van der Waals surface area (Å²) in [6.07, 6.45) is 0.714. The second kappa shape index (κ2) is 5.75. The molecule has 2 N–H and O–H groups in total. The van der Waals surface area contributed by atoms with E-state index >= 15 is 0 Å². The molecule has 0 amide bonds. The van der Waals surface area contributed by atoms with Gasteiger partial charge in [-0.15, -0.1) is 12.4 Å². The molecule has 0 aromatic heterocycles. The van der Waals surface area contributed by atoms with Gasteiger partial charge < -0.3 is 5.73 Å². The molecule has 0 spiro atoms. The van der Waals surface area contributed by atoms with Crippen LogP contribution < -0.4 is 5.73 Å². The van der Waals surface area contributed by atoms with Crippen molar-refractivity contribution in [2.75, 3.05) is 13.1 Å². The molecule has 0 saturated carbocycles. The maximum absolute atomic E-state index is 12.3. The van der Waals surface area contributed by atoms with Crippen LogP contribution >= 0.6 is 24.0 Å². The number of halogens is 2. The van der Waals surface area contributed by atoms with Gasteiger partial charge in [-0.25, -0.2) is 8.42 Å². The second-order valence-electron chi connectivity index (χ2n) is 4.32. The predicted molar refractivity (Wildman–Crippen MR) is 74.8 cm³/mol. The van der Waals surface area contributed by atoms with Crippen LogP contribution in [0.1, 0.15) is 12.0 Å². The number of sulfonamides is 1. The molecule has 4 nitrogen and oxygen atoms in total. The predicted octanol–water partition coefficient (Wildman–Crippen LogP) is 1.79. The molecule has 102 valence electrons. The van der Waals surface area contributed by atoms with Gasteiger partial charge >= 0.3 is 0 Å². The van der Waals surface area contributed by atoms with E-state index in [1.807, 2.05) is 0 Å². The molecule has 2 rings (SSSR count). The Balaban J connectivity index is 0.00000162. The van der Waals surface area contributed by atoms with Gasteiger partial charge in [0.25, 0.3) is 0 Å². The normalized spacial score (nSPS) is 20.7. The highest BCUT2D eigenvalue weighted by molar-refractivity contribution is 7.89. The first kappa shape index (κ1) is 15.7. The van der Waals surface area contributed by atoms with Crippen molar-refractivity contribution in [2.45, 2.75) is 24.3 Å². The molecular formula is C11H16Cl2N2O2S. The summed E-state index contributed by atoms with van der Waals surface area (Å²) in [5.41, 5.74) is 6.40. The summed E-state index contributed by atoms with van der Waals surface area (Å²) >= 11 is 5.82. The largest absolute Gasteiger partial charge is 0.326 e. The van der Waals surface area contributed by atoms with Crippen molar-refractivity contribution < 1.29 is 8.42 Å². The molecule has 1 heterocycles. The van der Waals surface area contributed by atoms with E-state index in [1.54, 1.807) is 25.1 Å². The molecule has 1 atom stereocenters. The van der Waals surface area contributed by atoms with Gasteiger partial charge in [0, 0.05) is 24.2 Å². The lowest BCUT2D eigenvalue weighted by atomic mass is 10.2. The van der Waals surface area contributed by atoms with Crippen LogP contribution in [0.3, 0.4) is 0 Å². The molecule has 0 radical (unpaired) electrons. The Morgan fingerprint density at radius 2 is 2.11 bits per heavy atom. The molecule has 1 aromatic rings. The van der Waals surface area contributed by atoms with Crippen LogP contribution in [-0.4, -0.2) is 31.9 Å². The SMILES string of the molecule is Cc1cc(Cl)ccc1S(=O)(=O)N1CC[C@@H](N)C1.Cl. The van der Waals surface area contributed by atoms with E-state index in [1.165, 1.54) is 4.31 Å². The maximum Gasteiger partial charge on any atom is 0.243 e. The number of benzene rings is 1. The average molecular weight is 311 g/mol.